The number of carbonyl (C=O) groups excluding carboxylic acids is 1. The van der Waals surface area contributed by atoms with E-state index < -0.39 is 0 Å². The Bertz CT molecular complexity index is 409. The minimum Gasteiger partial charge on any atom is -0.394 e. The third kappa shape index (κ3) is 3.57. The summed E-state index contributed by atoms with van der Waals surface area (Å²) < 4.78 is 1.84. The van der Waals surface area contributed by atoms with Gasteiger partial charge in [0.05, 0.1) is 18.3 Å². The van der Waals surface area contributed by atoms with Crippen molar-refractivity contribution < 1.29 is 9.90 Å². The van der Waals surface area contributed by atoms with E-state index in [4.69, 9.17) is 5.11 Å². The van der Waals surface area contributed by atoms with E-state index in [1.807, 2.05) is 32.5 Å². The summed E-state index contributed by atoms with van der Waals surface area (Å²) >= 11 is 0. The number of carbonyl (C=O) groups is 1. The van der Waals surface area contributed by atoms with Crippen LogP contribution >= 0.6 is 0 Å². The summed E-state index contributed by atoms with van der Waals surface area (Å²) in [5.41, 5.74) is 3.23. The SMILES string of the molecule is CCC(CO)NC(=O)CCc1c(C)nn(C)c1C. The number of aromatic nitrogens is 2. The maximum atomic E-state index is 11.7. The highest BCUT2D eigenvalue weighted by Gasteiger charge is 2.13. The zero-order chi connectivity index (χ0) is 13.7. The lowest BCUT2D eigenvalue weighted by molar-refractivity contribution is -0.122. The van der Waals surface area contributed by atoms with Crippen molar-refractivity contribution in [1.29, 1.82) is 0 Å². The number of hydrogen-bond donors (Lipinski definition) is 2. The van der Waals surface area contributed by atoms with Gasteiger partial charge in [0, 0.05) is 19.2 Å². The van der Waals surface area contributed by atoms with Crippen LogP contribution in [0.5, 0.6) is 0 Å². The van der Waals surface area contributed by atoms with Crippen molar-refractivity contribution in [2.24, 2.45) is 7.05 Å². The average Bonchev–Trinajstić information content (AvgIpc) is 2.58. The zero-order valence-electron chi connectivity index (χ0n) is 11.7. The molecule has 0 saturated heterocycles. The fourth-order valence-corrected chi connectivity index (χ4v) is 1.99. The van der Waals surface area contributed by atoms with Crippen molar-refractivity contribution in [3.63, 3.8) is 0 Å². The van der Waals surface area contributed by atoms with Crippen LogP contribution in [0.2, 0.25) is 0 Å². The van der Waals surface area contributed by atoms with Crippen LogP contribution in [0.3, 0.4) is 0 Å². The average molecular weight is 253 g/mol. The Morgan fingerprint density at radius 1 is 1.50 bits per heavy atom. The highest BCUT2D eigenvalue weighted by molar-refractivity contribution is 5.76. The first kappa shape index (κ1) is 14.7. The number of aryl methyl sites for hydroxylation is 2. The maximum absolute atomic E-state index is 11.7. The molecule has 1 aromatic rings. The number of amides is 1. The molecule has 0 radical (unpaired) electrons. The predicted octanol–water partition coefficient (Wildman–Crippen LogP) is 0.857. The van der Waals surface area contributed by atoms with Crippen LogP contribution in [0.25, 0.3) is 0 Å². The van der Waals surface area contributed by atoms with Crippen molar-refractivity contribution in [2.75, 3.05) is 6.61 Å². The van der Waals surface area contributed by atoms with Crippen LogP contribution in [0, 0.1) is 13.8 Å². The van der Waals surface area contributed by atoms with Gasteiger partial charge in [0.2, 0.25) is 5.91 Å². The van der Waals surface area contributed by atoms with Gasteiger partial charge in [-0.1, -0.05) is 6.92 Å². The smallest absolute Gasteiger partial charge is 0.220 e. The van der Waals surface area contributed by atoms with E-state index in [0.29, 0.717) is 12.8 Å². The van der Waals surface area contributed by atoms with Gasteiger partial charge in [0.1, 0.15) is 0 Å². The van der Waals surface area contributed by atoms with Gasteiger partial charge in [-0.3, -0.25) is 9.48 Å². The minimum atomic E-state index is -0.131. The van der Waals surface area contributed by atoms with Gasteiger partial charge < -0.3 is 10.4 Å². The lowest BCUT2D eigenvalue weighted by Crippen LogP contribution is -2.37. The molecule has 0 aliphatic carbocycles. The summed E-state index contributed by atoms with van der Waals surface area (Å²) in [5.74, 6) is -0.0152. The van der Waals surface area contributed by atoms with Crippen LogP contribution in [0.1, 0.15) is 36.7 Å². The van der Waals surface area contributed by atoms with Gasteiger partial charge in [-0.15, -0.1) is 0 Å². The quantitative estimate of drug-likeness (QED) is 0.790. The number of hydrogen-bond acceptors (Lipinski definition) is 3. The Morgan fingerprint density at radius 2 is 2.17 bits per heavy atom. The van der Waals surface area contributed by atoms with E-state index in [0.717, 1.165) is 23.4 Å². The summed E-state index contributed by atoms with van der Waals surface area (Å²) in [6.07, 6.45) is 1.87. The largest absolute Gasteiger partial charge is 0.394 e. The third-order valence-electron chi connectivity index (χ3n) is 3.34. The van der Waals surface area contributed by atoms with Crippen LogP contribution < -0.4 is 5.32 Å². The van der Waals surface area contributed by atoms with Crippen LogP contribution in [0.4, 0.5) is 0 Å². The normalized spacial score (nSPS) is 12.5. The number of nitrogens with zero attached hydrogens (tertiary/aromatic N) is 2. The van der Waals surface area contributed by atoms with Crippen molar-refractivity contribution >= 4 is 5.91 Å². The number of aliphatic hydroxyl groups is 1. The molecule has 5 nitrogen and oxygen atoms in total. The van der Waals surface area contributed by atoms with E-state index in [1.54, 1.807) is 0 Å². The Labute approximate surface area is 108 Å². The van der Waals surface area contributed by atoms with Gasteiger partial charge in [0.15, 0.2) is 0 Å². The predicted molar refractivity (Wildman–Crippen MR) is 70.3 cm³/mol. The number of aliphatic hydroxyl groups excluding tert-OH is 1. The zero-order valence-corrected chi connectivity index (χ0v) is 11.7. The second-order valence-corrected chi connectivity index (χ2v) is 4.63. The monoisotopic (exact) mass is 253 g/mol. The topological polar surface area (TPSA) is 67.2 Å². The van der Waals surface area contributed by atoms with E-state index in [9.17, 15) is 4.79 Å². The second-order valence-electron chi connectivity index (χ2n) is 4.63. The molecule has 0 bridgehead atoms. The first-order chi connectivity index (χ1) is 8.49. The van der Waals surface area contributed by atoms with Crippen molar-refractivity contribution in [1.82, 2.24) is 15.1 Å². The van der Waals surface area contributed by atoms with Gasteiger partial charge >= 0.3 is 0 Å². The Hall–Kier alpha value is -1.36. The first-order valence-electron chi connectivity index (χ1n) is 6.38. The van der Waals surface area contributed by atoms with Crippen LogP contribution in [0.15, 0.2) is 0 Å². The molecule has 1 rings (SSSR count). The second kappa shape index (κ2) is 6.54. The Morgan fingerprint density at radius 3 is 2.61 bits per heavy atom. The molecule has 1 heterocycles. The molecule has 0 aliphatic heterocycles. The van der Waals surface area contributed by atoms with Gasteiger partial charge in [0.25, 0.3) is 0 Å². The van der Waals surface area contributed by atoms with Crippen molar-refractivity contribution in [3.8, 4) is 0 Å². The minimum absolute atomic E-state index is 0.00676. The summed E-state index contributed by atoms with van der Waals surface area (Å²) in [4.78, 5) is 11.7. The van der Waals surface area contributed by atoms with Crippen molar-refractivity contribution in [3.05, 3.63) is 17.0 Å². The molecule has 0 aromatic carbocycles. The van der Waals surface area contributed by atoms with Gasteiger partial charge in [-0.25, -0.2) is 0 Å². The summed E-state index contributed by atoms with van der Waals surface area (Å²) in [6, 6.07) is -0.131. The lowest BCUT2D eigenvalue weighted by atomic mass is 10.1. The fourth-order valence-electron chi connectivity index (χ4n) is 1.99. The highest BCUT2D eigenvalue weighted by atomic mass is 16.3. The first-order valence-corrected chi connectivity index (χ1v) is 6.38. The van der Waals surface area contributed by atoms with E-state index in [2.05, 4.69) is 10.4 Å². The standard InChI is InChI=1S/C13H23N3O2/c1-5-11(8-17)14-13(18)7-6-12-9(2)15-16(4)10(12)3/h11,17H,5-8H2,1-4H3,(H,14,18). The molecule has 2 N–H and O–H groups in total. The van der Waals surface area contributed by atoms with E-state index in [1.165, 1.54) is 0 Å². The highest BCUT2D eigenvalue weighted by Crippen LogP contribution is 2.13. The molecule has 18 heavy (non-hydrogen) atoms. The molecule has 1 amide bonds. The Kier molecular flexibility index (Phi) is 5.34. The van der Waals surface area contributed by atoms with Crippen LogP contribution in [-0.4, -0.2) is 33.4 Å². The molecule has 1 aromatic heterocycles. The number of rotatable bonds is 6. The van der Waals surface area contributed by atoms with E-state index >= 15 is 0 Å². The summed E-state index contributed by atoms with van der Waals surface area (Å²) in [7, 11) is 1.91. The molecular formula is C13H23N3O2. The maximum Gasteiger partial charge on any atom is 0.220 e. The molecule has 1 atom stereocenters. The fraction of sp³-hybridized carbons (Fsp3) is 0.692. The molecule has 0 spiro atoms. The Balaban J connectivity index is 2.52. The van der Waals surface area contributed by atoms with Gasteiger partial charge in [-0.05, 0) is 32.3 Å². The molecule has 0 aliphatic rings. The van der Waals surface area contributed by atoms with E-state index in [-0.39, 0.29) is 18.6 Å². The molecule has 5 heteroatoms. The molecule has 0 fully saturated rings. The van der Waals surface area contributed by atoms with Crippen LogP contribution in [-0.2, 0) is 18.3 Å². The van der Waals surface area contributed by atoms with Gasteiger partial charge in [-0.2, -0.15) is 5.10 Å². The molecule has 1 unspecified atom stereocenters. The molecule has 0 saturated carbocycles. The third-order valence-corrected chi connectivity index (χ3v) is 3.34. The summed E-state index contributed by atoms with van der Waals surface area (Å²) in [5, 5.41) is 16.2. The summed E-state index contributed by atoms with van der Waals surface area (Å²) in [6.45, 7) is 5.91. The molecular weight excluding hydrogens is 230 g/mol. The van der Waals surface area contributed by atoms with Crippen molar-refractivity contribution in [2.45, 2.75) is 46.1 Å². The number of nitrogens with one attached hydrogen (secondary N) is 1. The molecule has 102 valence electrons. The lowest BCUT2D eigenvalue weighted by Gasteiger charge is -2.13.